The van der Waals surface area contributed by atoms with Gasteiger partial charge in [0.1, 0.15) is 0 Å². The molecule has 0 bridgehead atoms. The first kappa shape index (κ1) is 19.1. The monoisotopic (exact) mass is 372 g/mol. The van der Waals surface area contributed by atoms with E-state index < -0.39 is 5.97 Å². The van der Waals surface area contributed by atoms with E-state index in [2.05, 4.69) is 0 Å². The van der Waals surface area contributed by atoms with Gasteiger partial charge in [-0.25, -0.2) is 0 Å². The lowest BCUT2D eigenvalue weighted by atomic mass is 10.1. The second-order valence-corrected chi connectivity index (χ2v) is 6.97. The summed E-state index contributed by atoms with van der Waals surface area (Å²) in [5.41, 5.74) is 0.489. The Hall–Kier alpha value is -1.28. The van der Waals surface area contributed by atoms with Crippen LogP contribution in [0.4, 0.5) is 0 Å². The third kappa shape index (κ3) is 5.11. The molecular formula is C16H21ClN2O4S. The van der Waals surface area contributed by atoms with Crippen molar-refractivity contribution >= 4 is 35.2 Å². The molecule has 0 saturated carbocycles. The molecule has 1 fully saturated rings. The molecule has 1 aromatic carbocycles. The lowest BCUT2D eigenvalue weighted by Gasteiger charge is -2.34. The second kappa shape index (κ2) is 8.71. The van der Waals surface area contributed by atoms with Gasteiger partial charge in [-0.3, -0.25) is 14.5 Å². The van der Waals surface area contributed by atoms with Crippen LogP contribution in [0.5, 0.6) is 0 Å². The Morgan fingerprint density at radius 3 is 2.92 bits per heavy atom. The van der Waals surface area contributed by atoms with Crippen molar-refractivity contribution in [2.75, 3.05) is 46.1 Å². The quantitative estimate of drug-likeness (QED) is 0.769. The summed E-state index contributed by atoms with van der Waals surface area (Å²) in [5.74, 6) is -1.01. The molecule has 1 atom stereocenters. The number of benzene rings is 1. The van der Waals surface area contributed by atoms with Crippen molar-refractivity contribution in [2.24, 2.45) is 0 Å². The summed E-state index contributed by atoms with van der Waals surface area (Å²) in [6.45, 7) is 1.74. The van der Waals surface area contributed by atoms with E-state index >= 15 is 0 Å². The maximum atomic E-state index is 12.8. The van der Waals surface area contributed by atoms with Crippen LogP contribution >= 0.6 is 23.4 Å². The number of carboxylic acids is 1. The number of thioether (sulfide) groups is 1. The van der Waals surface area contributed by atoms with Crippen LogP contribution in [0.15, 0.2) is 23.1 Å². The number of carboxylic acid groups (broad SMARTS) is 1. The molecule has 1 N–H and O–H groups in total. The van der Waals surface area contributed by atoms with Gasteiger partial charge in [-0.2, -0.15) is 0 Å². The van der Waals surface area contributed by atoms with Gasteiger partial charge in [0.05, 0.1) is 29.8 Å². The fraction of sp³-hybridized carbons (Fsp3) is 0.500. The maximum absolute atomic E-state index is 12.8. The van der Waals surface area contributed by atoms with Crippen LogP contribution in [-0.2, 0) is 9.53 Å². The standard InChI is InChI=1S/C16H21ClN2O4S/c1-18(10-15(20)21)8-11-9-19(5-6-23-11)16(22)13-7-12(24-2)3-4-14(13)17/h3-4,7,11H,5-6,8-10H2,1-2H3,(H,20,21). The Balaban J connectivity index is 2.03. The molecule has 0 radical (unpaired) electrons. The van der Waals surface area contributed by atoms with E-state index in [0.717, 1.165) is 4.90 Å². The molecule has 0 spiro atoms. The summed E-state index contributed by atoms with van der Waals surface area (Å²) >= 11 is 7.74. The third-order valence-corrected chi connectivity index (χ3v) is 4.81. The van der Waals surface area contributed by atoms with Crippen molar-refractivity contribution in [2.45, 2.75) is 11.0 Å². The number of rotatable bonds is 6. The molecule has 132 valence electrons. The van der Waals surface area contributed by atoms with Gasteiger partial charge in [-0.15, -0.1) is 11.8 Å². The van der Waals surface area contributed by atoms with Crippen LogP contribution in [0.3, 0.4) is 0 Å². The van der Waals surface area contributed by atoms with Crippen molar-refractivity contribution in [3.05, 3.63) is 28.8 Å². The molecule has 1 saturated heterocycles. The fourth-order valence-corrected chi connectivity index (χ4v) is 3.26. The first-order chi connectivity index (χ1) is 11.4. The predicted molar refractivity (Wildman–Crippen MR) is 94.0 cm³/mol. The lowest BCUT2D eigenvalue weighted by Crippen LogP contribution is -2.49. The summed E-state index contributed by atoms with van der Waals surface area (Å²) < 4.78 is 5.66. The topological polar surface area (TPSA) is 70.1 Å². The molecule has 0 aromatic heterocycles. The van der Waals surface area contributed by atoms with Gasteiger partial charge >= 0.3 is 5.97 Å². The number of hydrogen-bond acceptors (Lipinski definition) is 5. The minimum Gasteiger partial charge on any atom is -0.480 e. The average Bonchev–Trinajstić information content (AvgIpc) is 2.54. The lowest BCUT2D eigenvalue weighted by molar-refractivity contribution is -0.138. The molecule has 24 heavy (non-hydrogen) atoms. The predicted octanol–water partition coefficient (Wildman–Crippen LogP) is 1.92. The van der Waals surface area contributed by atoms with Gasteiger partial charge in [-0.1, -0.05) is 11.6 Å². The van der Waals surface area contributed by atoms with Gasteiger partial charge in [0.25, 0.3) is 5.91 Å². The van der Waals surface area contributed by atoms with Gasteiger partial charge < -0.3 is 14.7 Å². The van der Waals surface area contributed by atoms with E-state index in [-0.39, 0.29) is 18.6 Å². The zero-order chi connectivity index (χ0) is 17.7. The summed E-state index contributed by atoms with van der Waals surface area (Å²) in [5, 5.41) is 9.25. The molecule has 1 heterocycles. The van der Waals surface area contributed by atoms with Gasteiger partial charge in [0.15, 0.2) is 0 Å². The van der Waals surface area contributed by atoms with Crippen molar-refractivity contribution in [1.82, 2.24) is 9.80 Å². The van der Waals surface area contributed by atoms with Gasteiger partial charge in [0.2, 0.25) is 0 Å². The Morgan fingerprint density at radius 2 is 2.25 bits per heavy atom. The van der Waals surface area contributed by atoms with Crippen LogP contribution in [-0.4, -0.2) is 79.0 Å². The number of amides is 1. The van der Waals surface area contributed by atoms with Crippen molar-refractivity contribution < 1.29 is 19.4 Å². The number of aliphatic carboxylic acids is 1. The van der Waals surface area contributed by atoms with Crippen molar-refractivity contribution in [3.63, 3.8) is 0 Å². The van der Waals surface area contributed by atoms with E-state index in [4.69, 9.17) is 21.4 Å². The maximum Gasteiger partial charge on any atom is 0.317 e. The number of carbonyl (C=O) groups excluding carboxylic acids is 1. The molecular weight excluding hydrogens is 352 g/mol. The number of ether oxygens (including phenoxy) is 1. The number of halogens is 1. The highest BCUT2D eigenvalue weighted by Crippen LogP contribution is 2.25. The van der Waals surface area contributed by atoms with Crippen LogP contribution in [0.1, 0.15) is 10.4 Å². The fourth-order valence-electron chi connectivity index (χ4n) is 2.62. The van der Waals surface area contributed by atoms with E-state index in [1.54, 1.807) is 40.7 Å². The molecule has 6 nitrogen and oxygen atoms in total. The number of nitrogens with zero attached hydrogens (tertiary/aromatic N) is 2. The minimum atomic E-state index is -0.887. The zero-order valence-corrected chi connectivity index (χ0v) is 15.3. The van der Waals surface area contributed by atoms with E-state index in [9.17, 15) is 9.59 Å². The molecule has 1 amide bonds. The van der Waals surface area contributed by atoms with Crippen molar-refractivity contribution in [1.29, 1.82) is 0 Å². The normalized spacial score (nSPS) is 18.0. The zero-order valence-electron chi connectivity index (χ0n) is 13.7. The summed E-state index contributed by atoms with van der Waals surface area (Å²) in [7, 11) is 1.72. The highest BCUT2D eigenvalue weighted by molar-refractivity contribution is 7.98. The van der Waals surface area contributed by atoms with Crippen molar-refractivity contribution in [3.8, 4) is 0 Å². The van der Waals surface area contributed by atoms with Gasteiger partial charge in [0, 0.05) is 24.5 Å². The minimum absolute atomic E-state index is 0.0601. The Bertz CT molecular complexity index is 614. The number of likely N-dealkylation sites (N-methyl/N-ethyl adjacent to an activating group) is 1. The highest BCUT2D eigenvalue weighted by atomic mass is 35.5. The second-order valence-electron chi connectivity index (χ2n) is 5.68. The highest BCUT2D eigenvalue weighted by Gasteiger charge is 2.27. The molecule has 8 heteroatoms. The van der Waals surface area contributed by atoms with Gasteiger partial charge in [-0.05, 0) is 31.5 Å². The number of carbonyl (C=O) groups is 2. The molecule has 1 aromatic rings. The SMILES string of the molecule is CSc1ccc(Cl)c(C(=O)N2CCOC(CN(C)CC(=O)O)C2)c1. The van der Waals surface area contributed by atoms with E-state index in [1.807, 2.05) is 12.3 Å². The molecule has 0 aliphatic carbocycles. The first-order valence-corrected chi connectivity index (χ1v) is 9.15. The van der Waals surface area contributed by atoms with E-state index in [1.165, 1.54) is 0 Å². The third-order valence-electron chi connectivity index (χ3n) is 3.75. The molecule has 1 unspecified atom stereocenters. The summed E-state index contributed by atoms with van der Waals surface area (Å²) in [6.07, 6.45) is 1.73. The van der Waals surface area contributed by atoms with E-state index in [0.29, 0.717) is 36.8 Å². The van der Waals surface area contributed by atoms with Crippen LogP contribution in [0.25, 0.3) is 0 Å². The molecule has 1 aliphatic heterocycles. The number of hydrogen-bond donors (Lipinski definition) is 1. The first-order valence-electron chi connectivity index (χ1n) is 7.55. The number of morpholine rings is 1. The summed E-state index contributed by atoms with van der Waals surface area (Å²) in [4.78, 5) is 27.9. The Kier molecular flexibility index (Phi) is 6.91. The Morgan fingerprint density at radius 1 is 1.50 bits per heavy atom. The largest absolute Gasteiger partial charge is 0.480 e. The average molecular weight is 373 g/mol. The van der Waals surface area contributed by atoms with Crippen LogP contribution in [0, 0.1) is 0 Å². The van der Waals surface area contributed by atoms with Crippen LogP contribution < -0.4 is 0 Å². The molecule has 2 rings (SSSR count). The molecule has 1 aliphatic rings. The smallest absolute Gasteiger partial charge is 0.317 e. The Labute approximate surface area is 150 Å². The van der Waals surface area contributed by atoms with Crippen LogP contribution in [0.2, 0.25) is 5.02 Å². The summed E-state index contributed by atoms with van der Waals surface area (Å²) in [6, 6.07) is 5.42.